The molecule has 2 aliphatic heterocycles. The Hall–Kier alpha value is -2.41. The third kappa shape index (κ3) is 1.61. The molecule has 90 valence electrons. The Kier molecular flexibility index (Phi) is 2.45. The van der Waals surface area contributed by atoms with E-state index in [0.717, 1.165) is 11.1 Å². The van der Waals surface area contributed by atoms with Crippen LogP contribution < -0.4 is 0 Å². The maximum absolute atomic E-state index is 11.4. The van der Waals surface area contributed by atoms with Crippen molar-refractivity contribution in [2.75, 3.05) is 6.61 Å². The van der Waals surface area contributed by atoms with E-state index >= 15 is 0 Å². The number of allylic oxidation sites excluding steroid dienone is 3. The Labute approximate surface area is 104 Å². The number of carbonyl (C=O) groups is 1. The van der Waals surface area contributed by atoms with Gasteiger partial charge in [-0.15, -0.1) is 6.42 Å². The van der Waals surface area contributed by atoms with Crippen LogP contribution in [0.2, 0.25) is 0 Å². The zero-order valence-electron chi connectivity index (χ0n) is 9.51. The minimum Gasteiger partial charge on any atom is -0.485 e. The molecule has 4 heteroatoms. The van der Waals surface area contributed by atoms with Crippen molar-refractivity contribution >= 4 is 5.97 Å². The van der Waals surface area contributed by atoms with Gasteiger partial charge in [0.2, 0.25) is 0 Å². The molecule has 18 heavy (non-hydrogen) atoms. The molecule has 1 atom stereocenters. The summed E-state index contributed by atoms with van der Waals surface area (Å²) < 4.78 is 16.2. The molecule has 0 aromatic rings. The smallest absolute Gasteiger partial charge is 0.315 e. The fourth-order valence-electron chi connectivity index (χ4n) is 2.13. The Morgan fingerprint density at radius 1 is 1.56 bits per heavy atom. The second kappa shape index (κ2) is 4.11. The van der Waals surface area contributed by atoms with Crippen LogP contribution in [0.4, 0.5) is 0 Å². The first kappa shape index (κ1) is 10.7. The molecular weight excluding hydrogens is 232 g/mol. The van der Waals surface area contributed by atoms with Gasteiger partial charge in [-0.1, -0.05) is 12.0 Å². The monoisotopic (exact) mass is 242 g/mol. The van der Waals surface area contributed by atoms with Gasteiger partial charge in [-0.05, 0) is 12.2 Å². The van der Waals surface area contributed by atoms with Gasteiger partial charge in [0.1, 0.15) is 6.61 Å². The number of ether oxygens (including phenoxy) is 3. The van der Waals surface area contributed by atoms with Crippen molar-refractivity contribution in [2.24, 2.45) is 0 Å². The van der Waals surface area contributed by atoms with Crippen LogP contribution in [0.15, 0.2) is 47.2 Å². The maximum atomic E-state index is 11.4. The number of fused-ring (bicyclic) bond motifs is 2. The number of carbonyl (C=O) groups excluding carboxylic acids is 1. The fourth-order valence-corrected chi connectivity index (χ4v) is 2.13. The van der Waals surface area contributed by atoms with E-state index < -0.39 is 0 Å². The second-order valence-corrected chi connectivity index (χ2v) is 4.02. The minimum atomic E-state index is -0.381. The summed E-state index contributed by atoms with van der Waals surface area (Å²) in [5, 5.41) is 0. The van der Waals surface area contributed by atoms with Crippen molar-refractivity contribution in [3.05, 3.63) is 47.2 Å². The average molecular weight is 242 g/mol. The van der Waals surface area contributed by atoms with Gasteiger partial charge in [-0.3, -0.25) is 4.79 Å². The van der Waals surface area contributed by atoms with E-state index in [1.807, 2.05) is 12.2 Å². The quantitative estimate of drug-likeness (QED) is 0.544. The molecule has 0 amide bonds. The lowest BCUT2D eigenvalue weighted by atomic mass is 9.94. The van der Waals surface area contributed by atoms with Crippen LogP contribution in [0.5, 0.6) is 0 Å². The molecule has 1 unspecified atom stereocenters. The van der Waals surface area contributed by atoms with Gasteiger partial charge in [0.25, 0.3) is 0 Å². The molecule has 4 nitrogen and oxygen atoms in total. The molecule has 0 spiro atoms. The van der Waals surface area contributed by atoms with E-state index in [9.17, 15) is 4.79 Å². The third-order valence-electron chi connectivity index (χ3n) is 2.84. The van der Waals surface area contributed by atoms with Crippen LogP contribution >= 0.6 is 0 Å². The molecule has 1 saturated heterocycles. The maximum Gasteiger partial charge on any atom is 0.315 e. The summed E-state index contributed by atoms with van der Waals surface area (Å²) in [6.45, 7) is 0.112. The first-order valence-corrected chi connectivity index (χ1v) is 5.54. The lowest BCUT2D eigenvalue weighted by Crippen LogP contribution is -2.24. The molecule has 0 N–H and O–H groups in total. The highest BCUT2D eigenvalue weighted by Gasteiger charge is 2.38. The van der Waals surface area contributed by atoms with E-state index in [0.29, 0.717) is 11.5 Å². The molecule has 3 aliphatic rings. The van der Waals surface area contributed by atoms with E-state index in [-0.39, 0.29) is 25.1 Å². The normalized spacial score (nSPS) is 24.2. The predicted molar refractivity (Wildman–Crippen MR) is 62.7 cm³/mol. The van der Waals surface area contributed by atoms with Crippen LogP contribution in [0.1, 0.15) is 6.42 Å². The van der Waals surface area contributed by atoms with Gasteiger partial charge in [0.05, 0.1) is 12.7 Å². The highest BCUT2D eigenvalue weighted by Crippen LogP contribution is 2.39. The average Bonchev–Trinajstić information content (AvgIpc) is 2.74. The van der Waals surface area contributed by atoms with E-state index in [1.165, 1.54) is 0 Å². The fraction of sp³-hybridized carbons (Fsp3) is 0.214. The van der Waals surface area contributed by atoms with Crippen molar-refractivity contribution in [3.63, 3.8) is 0 Å². The molecule has 2 heterocycles. The molecule has 1 aliphatic carbocycles. The van der Waals surface area contributed by atoms with Gasteiger partial charge in [0, 0.05) is 11.1 Å². The van der Waals surface area contributed by atoms with Gasteiger partial charge in [-0.2, -0.15) is 0 Å². The Morgan fingerprint density at radius 3 is 3.28 bits per heavy atom. The highest BCUT2D eigenvalue weighted by molar-refractivity contribution is 5.81. The van der Waals surface area contributed by atoms with Crippen LogP contribution in [0.25, 0.3) is 0 Å². The summed E-state index contributed by atoms with van der Waals surface area (Å²) in [6.07, 6.45) is 12.2. The third-order valence-corrected chi connectivity index (χ3v) is 2.84. The summed E-state index contributed by atoms with van der Waals surface area (Å²) >= 11 is 0. The summed E-state index contributed by atoms with van der Waals surface area (Å²) in [5.41, 5.74) is 1.75. The summed E-state index contributed by atoms with van der Waals surface area (Å²) in [6, 6.07) is 0. The Bertz CT molecular complexity index is 569. The standard InChI is InChI=1S/C14H10O4/c1-2-5-16-14-12-9(4-3-6-17-12)7-10-8-11(15)18-13(10)14/h1,3-4,6-7,12H,5,8H2. The Morgan fingerprint density at radius 2 is 2.44 bits per heavy atom. The van der Waals surface area contributed by atoms with Gasteiger partial charge >= 0.3 is 5.97 Å². The molecule has 0 saturated carbocycles. The van der Waals surface area contributed by atoms with E-state index in [2.05, 4.69) is 5.92 Å². The molecule has 1 fully saturated rings. The summed E-state index contributed by atoms with van der Waals surface area (Å²) in [7, 11) is 0. The lowest BCUT2D eigenvalue weighted by Gasteiger charge is -2.27. The summed E-state index contributed by atoms with van der Waals surface area (Å²) in [5.74, 6) is 3.04. The molecule has 3 rings (SSSR count). The van der Waals surface area contributed by atoms with Crippen LogP contribution in [-0.2, 0) is 19.0 Å². The number of hydrogen-bond acceptors (Lipinski definition) is 4. The van der Waals surface area contributed by atoms with Crippen LogP contribution in [0, 0.1) is 12.3 Å². The molecule has 0 aromatic carbocycles. The largest absolute Gasteiger partial charge is 0.485 e. The molecule has 0 radical (unpaired) electrons. The predicted octanol–water partition coefficient (Wildman–Crippen LogP) is 1.57. The molecular formula is C14H10O4. The zero-order chi connectivity index (χ0) is 12.5. The van der Waals surface area contributed by atoms with Crippen molar-refractivity contribution < 1.29 is 19.0 Å². The van der Waals surface area contributed by atoms with Crippen molar-refractivity contribution in [3.8, 4) is 12.3 Å². The first-order valence-electron chi connectivity index (χ1n) is 5.54. The van der Waals surface area contributed by atoms with Crippen LogP contribution in [-0.4, -0.2) is 18.7 Å². The van der Waals surface area contributed by atoms with E-state index in [1.54, 1.807) is 12.3 Å². The van der Waals surface area contributed by atoms with Crippen molar-refractivity contribution in [1.82, 2.24) is 0 Å². The van der Waals surface area contributed by atoms with Gasteiger partial charge in [0.15, 0.2) is 17.6 Å². The molecule has 0 aromatic heterocycles. The van der Waals surface area contributed by atoms with Crippen molar-refractivity contribution in [1.29, 1.82) is 0 Å². The second-order valence-electron chi connectivity index (χ2n) is 4.02. The number of terminal acetylenes is 1. The summed E-state index contributed by atoms with van der Waals surface area (Å²) in [4.78, 5) is 11.4. The SMILES string of the molecule is C#CCOC1=C2OC(=O)CC2=CC2=CC=COC21. The Balaban J connectivity index is 2.04. The number of rotatable bonds is 2. The molecule has 0 bridgehead atoms. The lowest BCUT2D eigenvalue weighted by molar-refractivity contribution is -0.135. The topological polar surface area (TPSA) is 44.8 Å². The highest BCUT2D eigenvalue weighted by atomic mass is 16.6. The van der Waals surface area contributed by atoms with Gasteiger partial charge in [-0.25, -0.2) is 0 Å². The van der Waals surface area contributed by atoms with Crippen molar-refractivity contribution in [2.45, 2.75) is 12.5 Å². The van der Waals surface area contributed by atoms with Gasteiger partial charge < -0.3 is 14.2 Å². The first-order chi connectivity index (χ1) is 8.79. The minimum absolute atomic E-state index is 0.112. The van der Waals surface area contributed by atoms with Crippen LogP contribution in [0.3, 0.4) is 0 Å². The number of esters is 1. The van der Waals surface area contributed by atoms with E-state index in [4.69, 9.17) is 20.6 Å². The zero-order valence-corrected chi connectivity index (χ0v) is 9.51. The number of hydrogen-bond donors (Lipinski definition) is 0.